The van der Waals surface area contributed by atoms with Crippen LogP contribution >= 0.6 is 0 Å². The normalized spacial score (nSPS) is 20.9. The molecule has 0 spiro atoms. The number of nitrogens with one attached hydrogen (secondary N) is 2. The number of hydrogen-bond acceptors (Lipinski definition) is 9. The van der Waals surface area contributed by atoms with E-state index in [1.165, 1.54) is 16.4 Å². The summed E-state index contributed by atoms with van der Waals surface area (Å²) in [5, 5.41) is 24.8. The Kier molecular flexibility index (Phi) is 12.6. The molecule has 1 aromatic heterocycles. The fourth-order valence-corrected chi connectivity index (χ4v) is 9.56. The van der Waals surface area contributed by atoms with Crippen LogP contribution in [0.25, 0.3) is 10.9 Å². The zero-order valence-electron chi connectivity index (χ0n) is 33.4. The number of phenols is 1. The number of benzene rings is 4. The number of piperidine rings is 4. The predicted molar refractivity (Wildman–Crippen MR) is 228 cm³/mol. The molecule has 60 heavy (non-hydrogen) atoms. The summed E-state index contributed by atoms with van der Waals surface area (Å²) in [5.41, 5.74) is 3.71. The monoisotopic (exact) mass is 833 g/mol. The molecule has 5 aromatic rings. The lowest BCUT2D eigenvalue weighted by Crippen LogP contribution is -2.55. The van der Waals surface area contributed by atoms with Gasteiger partial charge in [-0.25, -0.2) is 4.21 Å². The SMILES string of the molecule is O=C(c1ccc(CN(Cc2ccc(CNC[C@H](O)c3ccc(O)c4[nH]c(=O)ccc34)cc2)S(=O)O)cc1)N1CCC(C(=O)O[C@H]2CN3CCC2CC3)(c2ccccc2)CC1. The standard InChI is InChI=1S/C46H51N5O8S/c52-39-16-14-37(38-15-17-42(54)48-43(38)39)40(53)27-47-26-31-6-8-32(9-7-31)28-51(60(57)58)29-33-10-12-35(13-11-33)44(55)50-24-20-46(21-25-50,36-4-2-1-3-5-36)45(56)59-41-30-49-22-18-34(41)19-23-49/h1-17,34,40-41,47,52-53H,18-30H2,(H,48,54)(H,57,58)/t40-,41-/m0/s1. The average molecular weight is 834 g/mol. The summed E-state index contributed by atoms with van der Waals surface area (Å²) in [4.78, 5) is 46.3. The molecule has 4 aromatic carbocycles. The topological polar surface area (TPSA) is 176 Å². The Bertz CT molecular complexity index is 2380. The molecule has 4 saturated heterocycles. The van der Waals surface area contributed by atoms with E-state index in [9.17, 15) is 33.4 Å². The number of aromatic hydroxyl groups is 1. The second-order valence-electron chi connectivity index (χ2n) is 16.3. The number of aromatic nitrogens is 1. The van der Waals surface area contributed by atoms with Crippen LogP contribution < -0.4 is 10.9 Å². The molecule has 0 aliphatic carbocycles. The van der Waals surface area contributed by atoms with Crippen molar-refractivity contribution in [2.45, 2.75) is 62.9 Å². The van der Waals surface area contributed by atoms with Crippen molar-refractivity contribution in [3.63, 3.8) is 0 Å². The Balaban J connectivity index is 0.837. The van der Waals surface area contributed by atoms with Gasteiger partial charge in [-0.15, -0.1) is 0 Å². The minimum atomic E-state index is -2.26. The Morgan fingerprint density at radius 2 is 1.52 bits per heavy atom. The van der Waals surface area contributed by atoms with Gasteiger partial charge in [0.1, 0.15) is 11.9 Å². The first kappa shape index (κ1) is 41.5. The van der Waals surface area contributed by atoms with Crippen molar-refractivity contribution in [3.05, 3.63) is 147 Å². The number of H-pyrrole nitrogens is 1. The minimum Gasteiger partial charge on any atom is -0.506 e. The van der Waals surface area contributed by atoms with E-state index in [-0.39, 0.29) is 54.4 Å². The van der Waals surface area contributed by atoms with Crippen LogP contribution in [0.4, 0.5) is 0 Å². The van der Waals surface area contributed by atoms with Crippen molar-refractivity contribution in [2.75, 3.05) is 39.3 Å². The molecular weight excluding hydrogens is 783 g/mol. The van der Waals surface area contributed by atoms with Gasteiger partial charge in [-0.05, 0) is 96.8 Å². The molecule has 0 radical (unpaired) electrons. The summed E-state index contributed by atoms with van der Waals surface area (Å²) >= 11 is -2.26. The van der Waals surface area contributed by atoms with Crippen LogP contribution in [0.2, 0.25) is 0 Å². The predicted octanol–water partition coefficient (Wildman–Crippen LogP) is 5.01. The molecule has 13 nitrogen and oxygen atoms in total. The Hall–Kier alpha value is -5.22. The van der Waals surface area contributed by atoms with Crippen molar-refractivity contribution in [2.24, 2.45) is 5.92 Å². The molecule has 5 heterocycles. The first-order valence-corrected chi connectivity index (χ1v) is 21.7. The maximum Gasteiger partial charge on any atom is 0.317 e. The number of rotatable bonds is 14. The molecule has 4 fully saturated rings. The Labute approximate surface area is 351 Å². The molecule has 4 aliphatic rings. The third-order valence-corrected chi connectivity index (χ3v) is 13.3. The second-order valence-corrected chi connectivity index (χ2v) is 17.3. The number of esters is 1. The number of carbonyl (C=O) groups is 2. The number of aromatic amines is 1. The van der Waals surface area contributed by atoms with Gasteiger partial charge >= 0.3 is 5.97 Å². The summed E-state index contributed by atoms with van der Waals surface area (Å²) in [6.45, 7) is 4.85. The van der Waals surface area contributed by atoms with Crippen molar-refractivity contribution >= 4 is 34.0 Å². The van der Waals surface area contributed by atoms with E-state index in [4.69, 9.17) is 4.74 Å². The molecule has 2 bridgehead atoms. The summed E-state index contributed by atoms with van der Waals surface area (Å²) in [6, 6.07) is 30.6. The number of ether oxygens (including phenoxy) is 1. The van der Waals surface area contributed by atoms with Gasteiger partial charge in [-0.3, -0.25) is 23.8 Å². The van der Waals surface area contributed by atoms with E-state index in [0.717, 1.165) is 54.7 Å². The highest BCUT2D eigenvalue weighted by Gasteiger charge is 2.47. The first-order chi connectivity index (χ1) is 29.1. The van der Waals surface area contributed by atoms with Crippen LogP contribution in [-0.4, -0.2) is 95.3 Å². The molecule has 314 valence electrons. The van der Waals surface area contributed by atoms with E-state index in [2.05, 4.69) is 15.2 Å². The smallest absolute Gasteiger partial charge is 0.317 e. The van der Waals surface area contributed by atoms with E-state index in [0.29, 0.717) is 54.9 Å². The number of aliphatic hydroxyl groups excluding tert-OH is 1. The first-order valence-electron chi connectivity index (χ1n) is 20.6. The van der Waals surface area contributed by atoms with Crippen LogP contribution in [0.1, 0.15) is 70.0 Å². The van der Waals surface area contributed by atoms with E-state index < -0.39 is 22.8 Å². The lowest BCUT2D eigenvalue weighted by Gasteiger charge is -2.46. The lowest BCUT2D eigenvalue weighted by atomic mass is 9.72. The van der Waals surface area contributed by atoms with Gasteiger partial charge in [0.05, 0.1) is 17.0 Å². The maximum atomic E-state index is 14.0. The van der Waals surface area contributed by atoms with Gasteiger partial charge in [-0.2, -0.15) is 4.31 Å². The number of hydrogen-bond donors (Lipinski definition) is 5. The molecule has 1 amide bonds. The molecule has 5 N–H and O–H groups in total. The summed E-state index contributed by atoms with van der Waals surface area (Å²) < 4.78 is 30.3. The Morgan fingerprint density at radius 3 is 2.15 bits per heavy atom. The summed E-state index contributed by atoms with van der Waals surface area (Å²) in [5.74, 6) is 0.0401. The van der Waals surface area contributed by atoms with E-state index in [1.807, 2.05) is 54.6 Å². The van der Waals surface area contributed by atoms with Crippen LogP contribution in [0.3, 0.4) is 0 Å². The number of nitrogens with zero attached hydrogens (tertiary/aromatic N) is 3. The molecular formula is C46H51N5O8S. The number of aliphatic hydroxyl groups is 1. The highest BCUT2D eigenvalue weighted by molar-refractivity contribution is 7.76. The molecule has 4 aliphatic heterocycles. The van der Waals surface area contributed by atoms with Gasteiger partial charge in [0.2, 0.25) is 16.8 Å². The van der Waals surface area contributed by atoms with E-state index >= 15 is 0 Å². The van der Waals surface area contributed by atoms with Crippen molar-refractivity contribution in [1.82, 2.24) is 24.4 Å². The number of amides is 1. The second kappa shape index (κ2) is 18.2. The van der Waals surface area contributed by atoms with Crippen molar-refractivity contribution < 1.29 is 33.3 Å². The Morgan fingerprint density at radius 1 is 0.867 bits per heavy atom. The van der Waals surface area contributed by atoms with Gasteiger partial charge in [0.25, 0.3) is 5.91 Å². The maximum absolute atomic E-state index is 14.0. The van der Waals surface area contributed by atoms with Gasteiger partial charge in [-0.1, -0.05) is 72.8 Å². The largest absolute Gasteiger partial charge is 0.506 e. The number of phenolic OH excluding ortho intramolecular Hbond substituents is 1. The molecule has 9 rings (SSSR count). The van der Waals surface area contributed by atoms with Crippen LogP contribution in [0.15, 0.2) is 108 Å². The lowest BCUT2D eigenvalue weighted by molar-refractivity contribution is -0.167. The molecule has 14 heteroatoms. The highest BCUT2D eigenvalue weighted by Crippen LogP contribution is 2.39. The number of likely N-dealkylation sites (tertiary alicyclic amines) is 1. The third-order valence-electron chi connectivity index (χ3n) is 12.6. The highest BCUT2D eigenvalue weighted by atomic mass is 32.2. The number of fused-ring (bicyclic) bond motifs is 4. The fourth-order valence-electron chi connectivity index (χ4n) is 9.04. The zero-order valence-corrected chi connectivity index (χ0v) is 34.2. The average Bonchev–Trinajstić information content (AvgIpc) is 3.27. The van der Waals surface area contributed by atoms with Gasteiger partial charge in [0, 0.05) is 62.8 Å². The van der Waals surface area contributed by atoms with Crippen LogP contribution in [0, 0.1) is 5.92 Å². The third kappa shape index (κ3) is 9.09. The molecule has 3 atom stereocenters. The van der Waals surface area contributed by atoms with Crippen LogP contribution in [-0.2, 0) is 45.8 Å². The quantitative estimate of drug-likeness (QED) is 0.0756. The minimum absolute atomic E-state index is 0.0685. The molecule has 0 saturated carbocycles. The van der Waals surface area contributed by atoms with Crippen molar-refractivity contribution in [3.8, 4) is 5.75 Å². The fraction of sp³-hybridized carbons (Fsp3) is 0.370. The van der Waals surface area contributed by atoms with Gasteiger partial charge in [0.15, 0.2) is 0 Å². The van der Waals surface area contributed by atoms with Gasteiger partial charge < -0.3 is 30.2 Å². The summed E-state index contributed by atoms with van der Waals surface area (Å²) in [6.07, 6.45) is 2.09. The zero-order chi connectivity index (χ0) is 41.8. The van der Waals surface area contributed by atoms with E-state index in [1.54, 1.807) is 41.3 Å². The van der Waals surface area contributed by atoms with Crippen LogP contribution in [0.5, 0.6) is 5.75 Å². The number of pyridine rings is 1. The van der Waals surface area contributed by atoms with Crippen molar-refractivity contribution in [1.29, 1.82) is 0 Å². The number of carbonyl (C=O) groups excluding carboxylic acids is 2. The summed E-state index contributed by atoms with van der Waals surface area (Å²) in [7, 11) is 0. The molecule has 1 unspecified atom stereocenters.